The fourth-order valence-electron chi connectivity index (χ4n) is 2.84. The summed E-state index contributed by atoms with van der Waals surface area (Å²) in [6.45, 7) is 0.663. The van der Waals surface area contributed by atoms with Gasteiger partial charge in [0.2, 0.25) is 0 Å². The predicted octanol–water partition coefficient (Wildman–Crippen LogP) is 1.62. The molecule has 0 fully saturated rings. The Kier molecular flexibility index (Phi) is 4.73. The van der Waals surface area contributed by atoms with Gasteiger partial charge in [-0.1, -0.05) is 18.2 Å². The molecule has 1 aromatic carbocycles. The third-order valence-electron chi connectivity index (χ3n) is 4.04. The maximum atomic E-state index is 12.9. The lowest BCUT2D eigenvalue weighted by atomic mass is 9.99. The van der Waals surface area contributed by atoms with E-state index in [2.05, 4.69) is 15.0 Å². The summed E-state index contributed by atoms with van der Waals surface area (Å²) in [5.74, 6) is -0.404. The molecule has 0 saturated carbocycles. The number of pyridine rings is 1. The Morgan fingerprint density at radius 1 is 1.24 bits per heavy atom. The Bertz CT molecular complexity index is 896. The van der Waals surface area contributed by atoms with E-state index in [9.17, 15) is 13.2 Å². The number of fused-ring (bicyclic) bond motifs is 1. The molecule has 2 N–H and O–H groups in total. The van der Waals surface area contributed by atoms with Gasteiger partial charge in [0.05, 0.1) is 11.6 Å². The zero-order valence-corrected chi connectivity index (χ0v) is 14.9. The number of anilines is 1. The van der Waals surface area contributed by atoms with Crippen LogP contribution in [0.2, 0.25) is 0 Å². The van der Waals surface area contributed by atoms with Gasteiger partial charge in [-0.25, -0.2) is 18.1 Å². The van der Waals surface area contributed by atoms with Crippen molar-refractivity contribution >= 4 is 21.6 Å². The largest absolute Gasteiger partial charge is 0.385 e. The van der Waals surface area contributed by atoms with E-state index in [-0.39, 0.29) is 16.6 Å². The molecule has 0 radical (unpaired) electrons. The highest BCUT2D eigenvalue weighted by molar-refractivity contribution is 7.89. The van der Waals surface area contributed by atoms with E-state index in [0.717, 1.165) is 11.3 Å². The SMILES string of the molecule is CN(C)C(=O)c1cccnc1S(=O)(=O)NC1CCNc2ccccc21. The number of hydrogen-bond acceptors (Lipinski definition) is 5. The third-order valence-corrected chi connectivity index (χ3v) is 5.47. The predicted molar refractivity (Wildman–Crippen MR) is 94.9 cm³/mol. The van der Waals surface area contributed by atoms with Crippen LogP contribution in [0.1, 0.15) is 28.4 Å². The molecule has 2 heterocycles. The van der Waals surface area contributed by atoms with Crippen molar-refractivity contribution in [2.24, 2.45) is 0 Å². The van der Waals surface area contributed by atoms with Gasteiger partial charge in [0.25, 0.3) is 15.9 Å². The van der Waals surface area contributed by atoms with Crippen LogP contribution in [-0.2, 0) is 10.0 Å². The number of hydrogen-bond donors (Lipinski definition) is 2. The lowest BCUT2D eigenvalue weighted by Crippen LogP contribution is -2.35. The smallest absolute Gasteiger partial charge is 0.259 e. The van der Waals surface area contributed by atoms with Crippen LogP contribution in [-0.4, -0.2) is 44.8 Å². The number of amides is 1. The number of aromatic nitrogens is 1. The van der Waals surface area contributed by atoms with Crippen molar-refractivity contribution in [3.8, 4) is 0 Å². The monoisotopic (exact) mass is 360 g/mol. The van der Waals surface area contributed by atoms with Crippen molar-refractivity contribution in [3.05, 3.63) is 53.7 Å². The second kappa shape index (κ2) is 6.81. The van der Waals surface area contributed by atoms with Crippen LogP contribution in [0.3, 0.4) is 0 Å². The van der Waals surface area contributed by atoms with Crippen molar-refractivity contribution < 1.29 is 13.2 Å². The van der Waals surface area contributed by atoms with Gasteiger partial charge >= 0.3 is 0 Å². The maximum absolute atomic E-state index is 12.9. The molecule has 1 atom stereocenters. The first-order valence-electron chi connectivity index (χ1n) is 7.92. The van der Waals surface area contributed by atoms with Crippen LogP contribution >= 0.6 is 0 Å². The van der Waals surface area contributed by atoms with Crippen LogP contribution in [0.5, 0.6) is 0 Å². The molecule has 1 aliphatic heterocycles. The summed E-state index contributed by atoms with van der Waals surface area (Å²) in [7, 11) is -0.805. The highest BCUT2D eigenvalue weighted by atomic mass is 32.2. The number of sulfonamides is 1. The Labute approximate surface area is 147 Å². The summed E-state index contributed by atoms with van der Waals surface area (Å²) in [4.78, 5) is 17.6. The minimum atomic E-state index is -3.95. The zero-order chi connectivity index (χ0) is 18.0. The molecule has 8 heteroatoms. The minimum absolute atomic E-state index is 0.0576. The molecule has 0 spiro atoms. The number of carbonyl (C=O) groups is 1. The molecule has 0 aliphatic carbocycles. The van der Waals surface area contributed by atoms with Crippen LogP contribution in [0, 0.1) is 0 Å². The molecule has 7 nitrogen and oxygen atoms in total. The molecule has 1 aromatic heterocycles. The summed E-state index contributed by atoms with van der Waals surface area (Å²) in [6, 6.07) is 10.2. The van der Waals surface area contributed by atoms with Crippen LogP contribution in [0.25, 0.3) is 0 Å². The normalized spacial score (nSPS) is 16.6. The average Bonchev–Trinajstić information content (AvgIpc) is 2.61. The molecular formula is C17H20N4O3S. The van der Waals surface area contributed by atoms with E-state index in [4.69, 9.17) is 0 Å². The van der Waals surface area contributed by atoms with Crippen molar-refractivity contribution in [3.63, 3.8) is 0 Å². The number of carbonyl (C=O) groups excluding carboxylic acids is 1. The van der Waals surface area contributed by atoms with E-state index in [1.807, 2.05) is 24.3 Å². The Morgan fingerprint density at radius 2 is 2.00 bits per heavy atom. The van der Waals surface area contributed by atoms with Gasteiger partial charge < -0.3 is 10.2 Å². The first-order valence-corrected chi connectivity index (χ1v) is 9.40. The van der Waals surface area contributed by atoms with Gasteiger partial charge in [-0.05, 0) is 30.2 Å². The highest BCUT2D eigenvalue weighted by Gasteiger charge is 2.29. The topological polar surface area (TPSA) is 91.4 Å². The third kappa shape index (κ3) is 3.49. The molecule has 132 valence electrons. The van der Waals surface area contributed by atoms with E-state index < -0.39 is 15.9 Å². The highest BCUT2D eigenvalue weighted by Crippen LogP contribution is 2.30. The maximum Gasteiger partial charge on any atom is 0.259 e. The van der Waals surface area contributed by atoms with Gasteiger partial charge in [-0.15, -0.1) is 0 Å². The number of nitrogens with zero attached hydrogens (tertiary/aromatic N) is 2. The summed E-state index contributed by atoms with van der Waals surface area (Å²) < 4.78 is 28.5. The van der Waals surface area contributed by atoms with E-state index in [1.165, 1.54) is 17.2 Å². The number of rotatable bonds is 4. The van der Waals surface area contributed by atoms with Gasteiger partial charge in [0.1, 0.15) is 0 Å². The zero-order valence-electron chi connectivity index (χ0n) is 14.1. The molecule has 1 unspecified atom stereocenters. The molecule has 0 saturated heterocycles. The van der Waals surface area contributed by atoms with Gasteiger partial charge in [-0.3, -0.25) is 4.79 Å². The molecule has 3 rings (SSSR count). The van der Waals surface area contributed by atoms with E-state index >= 15 is 0 Å². The van der Waals surface area contributed by atoms with Gasteiger partial charge in [0.15, 0.2) is 5.03 Å². The Hall–Kier alpha value is -2.45. The van der Waals surface area contributed by atoms with E-state index in [1.54, 1.807) is 20.2 Å². The van der Waals surface area contributed by atoms with Crippen LogP contribution < -0.4 is 10.0 Å². The Morgan fingerprint density at radius 3 is 2.76 bits per heavy atom. The summed E-state index contributed by atoms with van der Waals surface area (Å²) in [6.07, 6.45) is 1.98. The molecule has 1 amide bonds. The molecule has 2 aromatic rings. The molecule has 1 aliphatic rings. The molecular weight excluding hydrogens is 340 g/mol. The lowest BCUT2D eigenvalue weighted by Gasteiger charge is -2.27. The summed E-state index contributed by atoms with van der Waals surface area (Å²) >= 11 is 0. The standard InChI is InChI=1S/C17H20N4O3S/c1-21(2)17(22)13-7-5-10-19-16(13)25(23,24)20-15-9-11-18-14-8-4-3-6-12(14)15/h3-8,10,15,18,20H,9,11H2,1-2H3. The Balaban J connectivity index is 1.96. The van der Waals surface area contributed by atoms with Crippen molar-refractivity contribution in [1.82, 2.24) is 14.6 Å². The second-order valence-corrected chi connectivity index (χ2v) is 7.66. The lowest BCUT2D eigenvalue weighted by molar-refractivity contribution is 0.0823. The summed E-state index contributed by atoms with van der Waals surface area (Å²) in [5.41, 5.74) is 1.85. The van der Waals surface area contributed by atoms with Crippen molar-refractivity contribution in [2.75, 3.05) is 26.0 Å². The van der Waals surface area contributed by atoms with Gasteiger partial charge in [-0.2, -0.15) is 0 Å². The van der Waals surface area contributed by atoms with Crippen LogP contribution in [0.4, 0.5) is 5.69 Å². The fraction of sp³-hybridized carbons (Fsp3) is 0.294. The first-order chi connectivity index (χ1) is 11.9. The molecule has 0 bridgehead atoms. The fourth-order valence-corrected chi connectivity index (χ4v) is 4.22. The first kappa shape index (κ1) is 17.4. The van der Waals surface area contributed by atoms with Gasteiger partial charge in [0, 0.05) is 32.5 Å². The number of para-hydroxylation sites is 1. The molecule has 25 heavy (non-hydrogen) atoms. The minimum Gasteiger partial charge on any atom is -0.385 e. The van der Waals surface area contributed by atoms with Crippen LogP contribution in [0.15, 0.2) is 47.6 Å². The average molecular weight is 360 g/mol. The van der Waals surface area contributed by atoms with E-state index in [0.29, 0.717) is 13.0 Å². The second-order valence-electron chi connectivity index (χ2n) is 6.03. The number of nitrogens with one attached hydrogen (secondary N) is 2. The quantitative estimate of drug-likeness (QED) is 0.864. The number of benzene rings is 1. The van der Waals surface area contributed by atoms with Crippen molar-refractivity contribution in [2.45, 2.75) is 17.5 Å². The summed E-state index contributed by atoms with van der Waals surface area (Å²) in [5, 5.41) is 3.01. The van der Waals surface area contributed by atoms with Crippen molar-refractivity contribution in [1.29, 1.82) is 0 Å².